The first-order valence-corrected chi connectivity index (χ1v) is 18.0. The summed E-state index contributed by atoms with van der Waals surface area (Å²) in [5.74, 6) is -1.84. The first-order chi connectivity index (χ1) is 40.3. The van der Waals surface area contributed by atoms with Gasteiger partial charge in [-0.3, -0.25) is 4.57 Å². The van der Waals surface area contributed by atoms with Gasteiger partial charge in [0.1, 0.15) is 0 Å². The van der Waals surface area contributed by atoms with Crippen molar-refractivity contribution in [2.24, 2.45) is 0 Å². The van der Waals surface area contributed by atoms with E-state index in [1.54, 1.807) is 48.5 Å². The third-order valence-electron chi connectivity index (χ3n) is 10.4. The van der Waals surface area contributed by atoms with Gasteiger partial charge in [0.15, 0.2) is 11.6 Å². The molecule has 8 aromatic carbocycles. The highest BCUT2D eigenvalue weighted by Crippen LogP contribution is 2.53. The summed E-state index contributed by atoms with van der Waals surface area (Å²) in [7, 11) is 0. The second-order valence-corrected chi connectivity index (χ2v) is 13.6. The highest BCUT2D eigenvalue weighted by molar-refractivity contribution is 6.24. The van der Waals surface area contributed by atoms with Crippen LogP contribution in [0.3, 0.4) is 0 Å². The second-order valence-electron chi connectivity index (χ2n) is 13.6. The molecule has 0 spiro atoms. The van der Waals surface area contributed by atoms with Crippen molar-refractivity contribution in [2.75, 3.05) is 0 Å². The van der Waals surface area contributed by atoms with E-state index >= 15 is 0 Å². The first kappa shape index (κ1) is 16.3. The van der Waals surface area contributed by atoms with Crippen LogP contribution >= 0.6 is 0 Å². The Bertz CT molecular complexity index is 4750. The van der Waals surface area contributed by atoms with Crippen LogP contribution in [0.25, 0.3) is 100 Å². The predicted octanol–water partition coefficient (Wildman–Crippen LogP) is 13.4. The SMILES string of the molecule is [2H]c1c([2H])c([2H])c(-c2nc(-c3c([2H])c([2H])c([2H])c([2H])c3[2H])nc(-n3c4ccccc4c4ccc5c6ccccc6n(-c6c([2H])c(-c7c([2H])c([2H])c([2H])c([2H])c7[2H])c([2H])c7c6C(C([2H])([2H])[2H])(C([2H])([2H])[2H])c6c([2H])c([2H])c([2H])c([2H])c6-7)c5c43)n2)c([2H])c1[2H]. The van der Waals surface area contributed by atoms with E-state index in [1.165, 1.54) is 21.3 Å². The molecule has 0 fully saturated rings. The van der Waals surface area contributed by atoms with Crippen molar-refractivity contribution in [1.82, 2.24) is 24.1 Å². The maximum atomic E-state index is 10.5. The van der Waals surface area contributed by atoms with Crippen molar-refractivity contribution < 1.29 is 37.0 Å². The molecule has 1 aliphatic rings. The van der Waals surface area contributed by atoms with Gasteiger partial charge in [-0.1, -0.05) is 177 Å². The maximum absolute atomic E-state index is 10.5. The zero-order chi connectivity index (χ0) is 62.5. The standard InChI is InChI=1S/C54H37N5/c1-54(2)44-27-15-12-24-38(44)43-32-37(34-18-6-3-7-19-34)33-47(48(43)54)58-45-28-16-13-25-39(45)41-30-31-42-40-26-14-17-29-46(40)59(50(42)49(41)58)53-56-51(35-20-8-4-9-21-35)55-52(57-53)36-22-10-5-11-23-36/h3-33H,1-2H3/i1D3,2D3,3D,4D,5D,6D,7D,8D,9D,10D,11D,12D,15D,18D,19D,20D,21D,22D,23D,24D,27D,32D,33D. The van der Waals surface area contributed by atoms with Crippen molar-refractivity contribution in [2.45, 2.75) is 19.1 Å². The number of fused-ring (bicyclic) bond motifs is 10. The van der Waals surface area contributed by atoms with Crippen molar-refractivity contribution in [3.05, 3.63) is 199 Å². The molecule has 0 aliphatic heterocycles. The summed E-state index contributed by atoms with van der Waals surface area (Å²) < 4.78 is 248. The molecule has 5 nitrogen and oxygen atoms in total. The van der Waals surface area contributed by atoms with E-state index in [0.29, 0.717) is 5.39 Å². The number of para-hydroxylation sites is 2. The van der Waals surface area contributed by atoms with E-state index in [-0.39, 0.29) is 38.2 Å². The van der Waals surface area contributed by atoms with Gasteiger partial charge in [-0.15, -0.1) is 0 Å². The van der Waals surface area contributed by atoms with Gasteiger partial charge >= 0.3 is 0 Å². The molecule has 12 rings (SSSR count). The monoisotopic (exact) mass is 782 g/mol. The highest BCUT2D eigenvalue weighted by atomic mass is 15.2. The molecule has 0 atom stereocenters. The Hall–Kier alpha value is -7.63. The van der Waals surface area contributed by atoms with Crippen molar-refractivity contribution >= 4 is 43.6 Å². The average Bonchev–Trinajstić information content (AvgIpc) is 1.47. The van der Waals surface area contributed by atoms with Gasteiger partial charge < -0.3 is 4.57 Å². The minimum Gasteiger partial charge on any atom is -0.307 e. The summed E-state index contributed by atoms with van der Waals surface area (Å²) in [4.78, 5) is 14.0. The van der Waals surface area contributed by atoms with Gasteiger partial charge in [-0.05, 0) is 57.6 Å². The quantitative estimate of drug-likeness (QED) is 0.175. The molecule has 3 aromatic heterocycles. The van der Waals surface area contributed by atoms with Crippen LogP contribution in [0.5, 0.6) is 0 Å². The molecule has 0 unspecified atom stereocenters. The summed E-state index contributed by atoms with van der Waals surface area (Å²) in [5, 5.41) is 1.17. The molecule has 278 valence electrons. The van der Waals surface area contributed by atoms with E-state index in [4.69, 9.17) is 30.5 Å². The van der Waals surface area contributed by atoms with Crippen LogP contribution in [0.2, 0.25) is 0 Å². The molecule has 3 heterocycles. The lowest BCUT2D eigenvalue weighted by Gasteiger charge is -2.26. The Labute approximate surface area is 379 Å². The third kappa shape index (κ3) is 4.95. The molecule has 0 N–H and O–H groups in total. The fraction of sp³-hybridized carbons (Fsp3) is 0.0556. The zero-order valence-electron chi connectivity index (χ0n) is 57.0. The number of hydrogen-bond donors (Lipinski definition) is 0. The van der Waals surface area contributed by atoms with Crippen LogP contribution in [0.4, 0.5) is 0 Å². The van der Waals surface area contributed by atoms with E-state index < -0.39 is 214 Å². The highest BCUT2D eigenvalue weighted by Gasteiger charge is 2.39. The van der Waals surface area contributed by atoms with E-state index in [2.05, 4.69) is 4.98 Å². The molecule has 11 aromatic rings. The maximum Gasteiger partial charge on any atom is 0.238 e. The van der Waals surface area contributed by atoms with Crippen molar-refractivity contribution in [1.29, 1.82) is 0 Å². The van der Waals surface area contributed by atoms with Crippen LogP contribution in [-0.4, -0.2) is 24.1 Å². The van der Waals surface area contributed by atoms with Gasteiger partial charge in [0.2, 0.25) is 5.95 Å². The number of nitrogens with zero attached hydrogens (tertiary/aromatic N) is 5. The summed E-state index contributed by atoms with van der Waals surface area (Å²) in [5.41, 5.74) is -10.5. The number of hydrogen-bond acceptors (Lipinski definition) is 3. The Kier molecular flexibility index (Phi) is 3.51. The molecule has 5 heteroatoms. The number of benzene rings is 8. The van der Waals surface area contributed by atoms with Crippen molar-refractivity contribution in [3.8, 4) is 56.7 Å². The lowest BCUT2D eigenvalue weighted by molar-refractivity contribution is 0.657. The number of aromatic nitrogens is 5. The van der Waals surface area contributed by atoms with E-state index in [0.717, 1.165) is 0 Å². The van der Waals surface area contributed by atoms with Crippen molar-refractivity contribution in [3.63, 3.8) is 0 Å². The molecule has 59 heavy (non-hydrogen) atoms. The summed E-state index contributed by atoms with van der Waals surface area (Å²) in [6, 6.07) is -2.99. The number of rotatable bonds is 5. The van der Waals surface area contributed by atoms with Crippen LogP contribution in [-0.2, 0) is 5.41 Å². The Balaban J connectivity index is 1.38. The largest absolute Gasteiger partial charge is 0.307 e. The van der Waals surface area contributed by atoms with Gasteiger partial charge in [0, 0.05) is 46.3 Å². The molecule has 1 aliphatic carbocycles. The Morgan fingerprint density at radius 1 is 0.475 bits per heavy atom. The van der Waals surface area contributed by atoms with Crippen LogP contribution in [0.1, 0.15) is 61.8 Å². The average molecular weight is 783 g/mol. The van der Waals surface area contributed by atoms with Gasteiger partial charge in [-0.2, -0.15) is 9.97 Å². The topological polar surface area (TPSA) is 48.5 Å². The molecule has 0 radical (unpaired) electrons. The normalized spacial score (nSPS) is 20.0. The molecule has 0 bridgehead atoms. The summed E-state index contributed by atoms with van der Waals surface area (Å²) in [6.07, 6.45) is 0. The minimum absolute atomic E-state index is 0.0225. The Morgan fingerprint density at radius 2 is 1.00 bits per heavy atom. The fourth-order valence-corrected chi connectivity index (χ4v) is 8.00. The molecular formula is C54H37N5. The molecule has 0 saturated carbocycles. The van der Waals surface area contributed by atoms with Gasteiger partial charge in [0.05, 0.1) is 56.5 Å². The van der Waals surface area contributed by atoms with Gasteiger partial charge in [-0.25, -0.2) is 4.98 Å². The van der Waals surface area contributed by atoms with E-state index in [9.17, 15) is 16.4 Å². The lowest BCUT2D eigenvalue weighted by atomic mass is 9.81. The minimum atomic E-state index is -3.89. The summed E-state index contributed by atoms with van der Waals surface area (Å²) >= 11 is 0. The molecule has 0 amide bonds. The third-order valence-corrected chi connectivity index (χ3v) is 10.4. The van der Waals surface area contributed by atoms with E-state index in [1.807, 2.05) is 0 Å². The van der Waals surface area contributed by atoms with Crippen LogP contribution < -0.4 is 0 Å². The second kappa shape index (κ2) is 12.7. The first-order valence-electron chi connectivity index (χ1n) is 31.5. The smallest absolute Gasteiger partial charge is 0.238 e. The van der Waals surface area contributed by atoms with Gasteiger partial charge in [0.25, 0.3) is 0 Å². The zero-order valence-corrected chi connectivity index (χ0v) is 30.0. The predicted molar refractivity (Wildman–Crippen MR) is 242 cm³/mol. The fourth-order valence-electron chi connectivity index (χ4n) is 8.00. The lowest BCUT2D eigenvalue weighted by Crippen LogP contribution is -2.18. The molecular weight excluding hydrogens is 719 g/mol. The Morgan fingerprint density at radius 3 is 1.61 bits per heavy atom. The van der Waals surface area contributed by atoms with Crippen LogP contribution in [0, 0.1) is 0 Å². The summed E-state index contributed by atoms with van der Waals surface area (Å²) in [6.45, 7) is -7.79. The molecule has 0 saturated heterocycles. The van der Waals surface area contributed by atoms with Crippen LogP contribution in [0.15, 0.2) is 188 Å².